The molecule has 3 nitrogen and oxygen atoms in total. The van der Waals surface area contributed by atoms with E-state index in [1.807, 2.05) is 0 Å². The highest BCUT2D eigenvalue weighted by Crippen LogP contribution is 2.27. The molecule has 0 aromatic heterocycles. The predicted octanol–water partition coefficient (Wildman–Crippen LogP) is 0.785. The summed E-state index contributed by atoms with van der Waals surface area (Å²) in [6.07, 6.45) is 1.11. The van der Waals surface area contributed by atoms with Crippen molar-refractivity contribution in [3.8, 4) is 0 Å². The Balaban J connectivity index is 2.67. The Morgan fingerprint density at radius 2 is 1.93 bits per heavy atom. The number of rotatable bonds is 5. The van der Waals surface area contributed by atoms with Crippen LogP contribution in [0.15, 0.2) is 0 Å². The molecule has 1 N–H and O–H groups in total. The summed E-state index contributed by atoms with van der Waals surface area (Å²) in [6.45, 7) is 12.2. The van der Waals surface area contributed by atoms with Gasteiger partial charge in [-0.3, -0.25) is 4.90 Å². The predicted molar refractivity (Wildman–Crippen MR) is 59.5 cm³/mol. The number of aliphatic hydroxyl groups is 1. The summed E-state index contributed by atoms with van der Waals surface area (Å²) in [5.41, 5.74) is 0.0412. The summed E-state index contributed by atoms with van der Waals surface area (Å²) < 4.78 is 0. The van der Waals surface area contributed by atoms with E-state index in [1.165, 1.54) is 0 Å². The Morgan fingerprint density at radius 3 is 2.29 bits per heavy atom. The molecule has 0 radical (unpaired) electrons. The molecule has 1 saturated heterocycles. The van der Waals surface area contributed by atoms with Crippen molar-refractivity contribution in [1.29, 1.82) is 0 Å². The number of likely N-dealkylation sites (tertiary alicyclic amines) is 1. The van der Waals surface area contributed by atoms with Crippen LogP contribution in [0.25, 0.3) is 0 Å². The Kier molecular flexibility index (Phi) is 4.35. The molecule has 1 rings (SSSR count). The highest BCUT2D eigenvalue weighted by molar-refractivity contribution is 4.98. The maximum atomic E-state index is 9.59. The Morgan fingerprint density at radius 1 is 1.29 bits per heavy atom. The van der Waals surface area contributed by atoms with Crippen molar-refractivity contribution in [1.82, 2.24) is 9.80 Å². The van der Waals surface area contributed by atoms with Gasteiger partial charge in [-0.1, -0.05) is 20.8 Å². The molecule has 14 heavy (non-hydrogen) atoms. The molecule has 1 heterocycles. The van der Waals surface area contributed by atoms with Gasteiger partial charge in [-0.05, 0) is 26.1 Å². The third-order valence-corrected chi connectivity index (χ3v) is 3.59. The van der Waals surface area contributed by atoms with Crippen LogP contribution < -0.4 is 0 Å². The van der Waals surface area contributed by atoms with Gasteiger partial charge in [-0.15, -0.1) is 0 Å². The van der Waals surface area contributed by atoms with Gasteiger partial charge >= 0.3 is 0 Å². The minimum Gasteiger partial charge on any atom is -0.394 e. The van der Waals surface area contributed by atoms with E-state index < -0.39 is 0 Å². The summed E-state index contributed by atoms with van der Waals surface area (Å²) in [7, 11) is 0. The molecule has 0 bridgehead atoms. The second-order valence-electron chi connectivity index (χ2n) is 4.17. The molecule has 0 aliphatic carbocycles. The molecular weight excluding hydrogens is 176 g/mol. The largest absolute Gasteiger partial charge is 0.394 e. The standard InChI is InChI=1S/C11H24N2O/c1-4-12-8-7-11(9-12,10-14)13(5-2)6-3/h14H,4-10H2,1-3H3. The number of hydrogen-bond donors (Lipinski definition) is 1. The molecule has 3 heteroatoms. The van der Waals surface area contributed by atoms with Crippen LogP contribution in [-0.2, 0) is 0 Å². The lowest BCUT2D eigenvalue weighted by molar-refractivity contribution is 0.0434. The van der Waals surface area contributed by atoms with Crippen molar-refractivity contribution in [2.24, 2.45) is 0 Å². The average Bonchev–Trinajstić information content (AvgIpc) is 2.65. The molecular formula is C11H24N2O. The summed E-state index contributed by atoms with van der Waals surface area (Å²) >= 11 is 0. The lowest BCUT2D eigenvalue weighted by atomic mass is 9.97. The molecule has 1 aliphatic heterocycles. The van der Waals surface area contributed by atoms with Crippen molar-refractivity contribution in [2.45, 2.75) is 32.7 Å². The molecule has 0 aromatic carbocycles. The van der Waals surface area contributed by atoms with E-state index in [1.54, 1.807) is 0 Å². The number of aliphatic hydroxyl groups excluding tert-OH is 1. The summed E-state index contributed by atoms with van der Waals surface area (Å²) in [4.78, 5) is 4.83. The van der Waals surface area contributed by atoms with Crippen LogP contribution in [0.5, 0.6) is 0 Å². The summed E-state index contributed by atoms with van der Waals surface area (Å²) in [5.74, 6) is 0. The van der Waals surface area contributed by atoms with Gasteiger partial charge in [0.15, 0.2) is 0 Å². The van der Waals surface area contributed by atoms with E-state index in [0.717, 1.165) is 39.1 Å². The van der Waals surface area contributed by atoms with Gasteiger partial charge in [0.05, 0.1) is 12.1 Å². The zero-order chi connectivity index (χ0) is 10.6. The van der Waals surface area contributed by atoms with E-state index in [0.29, 0.717) is 6.61 Å². The smallest absolute Gasteiger partial charge is 0.0628 e. The zero-order valence-electron chi connectivity index (χ0n) is 9.79. The van der Waals surface area contributed by atoms with E-state index >= 15 is 0 Å². The van der Waals surface area contributed by atoms with Gasteiger partial charge in [0.1, 0.15) is 0 Å². The van der Waals surface area contributed by atoms with Crippen molar-refractivity contribution in [3.63, 3.8) is 0 Å². The second-order valence-corrected chi connectivity index (χ2v) is 4.17. The molecule has 0 aromatic rings. The number of likely N-dealkylation sites (N-methyl/N-ethyl adjacent to an activating group) is 2. The SMILES string of the molecule is CCN1CCC(CO)(N(CC)CC)C1. The monoisotopic (exact) mass is 200 g/mol. The van der Waals surface area contributed by atoms with Crippen LogP contribution >= 0.6 is 0 Å². The molecule has 1 aliphatic rings. The minimum atomic E-state index is 0.0412. The van der Waals surface area contributed by atoms with Crippen molar-refractivity contribution >= 4 is 0 Å². The van der Waals surface area contributed by atoms with Crippen molar-refractivity contribution in [3.05, 3.63) is 0 Å². The summed E-state index contributed by atoms with van der Waals surface area (Å²) in [5, 5.41) is 9.59. The maximum Gasteiger partial charge on any atom is 0.0628 e. The average molecular weight is 200 g/mol. The third-order valence-electron chi connectivity index (χ3n) is 3.59. The first-order valence-corrected chi connectivity index (χ1v) is 5.80. The Bertz CT molecular complexity index is 171. The molecule has 1 atom stereocenters. The molecule has 1 fully saturated rings. The van der Waals surface area contributed by atoms with E-state index in [2.05, 4.69) is 30.6 Å². The van der Waals surface area contributed by atoms with Crippen LogP contribution in [0.4, 0.5) is 0 Å². The minimum absolute atomic E-state index is 0.0412. The molecule has 84 valence electrons. The quantitative estimate of drug-likeness (QED) is 0.710. The van der Waals surface area contributed by atoms with Crippen LogP contribution in [0.3, 0.4) is 0 Å². The third kappa shape index (κ3) is 2.10. The maximum absolute atomic E-state index is 9.59. The first-order valence-electron chi connectivity index (χ1n) is 5.80. The summed E-state index contributed by atoms with van der Waals surface area (Å²) in [6, 6.07) is 0. The van der Waals surface area contributed by atoms with Gasteiger partial charge in [0.25, 0.3) is 0 Å². The van der Waals surface area contributed by atoms with Gasteiger partial charge in [-0.2, -0.15) is 0 Å². The lowest BCUT2D eigenvalue weighted by Gasteiger charge is -2.38. The van der Waals surface area contributed by atoms with Crippen molar-refractivity contribution in [2.75, 3.05) is 39.3 Å². The second kappa shape index (κ2) is 5.10. The normalized spacial score (nSPS) is 28.9. The fourth-order valence-electron chi connectivity index (χ4n) is 2.59. The fourth-order valence-corrected chi connectivity index (χ4v) is 2.59. The van der Waals surface area contributed by atoms with Crippen LogP contribution in [0.2, 0.25) is 0 Å². The first-order chi connectivity index (χ1) is 6.72. The molecule has 1 unspecified atom stereocenters. The van der Waals surface area contributed by atoms with Crippen LogP contribution in [-0.4, -0.2) is 59.8 Å². The van der Waals surface area contributed by atoms with E-state index in [-0.39, 0.29) is 5.54 Å². The van der Waals surface area contributed by atoms with Crippen LogP contribution in [0.1, 0.15) is 27.2 Å². The highest BCUT2D eigenvalue weighted by Gasteiger charge is 2.40. The van der Waals surface area contributed by atoms with Gasteiger partial charge < -0.3 is 10.0 Å². The fraction of sp³-hybridized carbons (Fsp3) is 1.00. The van der Waals surface area contributed by atoms with Gasteiger partial charge in [0.2, 0.25) is 0 Å². The Hall–Kier alpha value is -0.120. The number of nitrogens with zero attached hydrogens (tertiary/aromatic N) is 2. The lowest BCUT2D eigenvalue weighted by Crippen LogP contribution is -2.53. The Labute approximate surface area is 87.7 Å². The van der Waals surface area contributed by atoms with Gasteiger partial charge in [0, 0.05) is 13.1 Å². The van der Waals surface area contributed by atoms with Gasteiger partial charge in [-0.25, -0.2) is 0 Å². The number of hydrogen-bond acceptors (Lipinski definition) is 3. The molecule has 0 spiro atoms. The van der Waals surface area contributed by atoms with Crippen molar-refractivity contribution < 1.29 is 5.11 Å². The first kappa shape index (κ1) is 12.0. The van der Waals surface area contributed by atoms with Crippen LogP contribution in [0, 0.1) is 0 Å². The van der Waals surface area contributed by atoms with E-state index in [9.17, 15) is 5.11 Å². The topological polar surface area (TPSA) is 26.7 Å². The molecule has 0 saturated carbocycles. The molecule has 0 amide bonds. The highest BCUT2D eigenvalue weighted by atomic mass is 16.3. The zero-order valence-corrected chi connectivity index (χ0v) is 9.79. The van der Waals surface area contributed by atoms with E-state index in [4.69, 9.17) is 0 Å².